The SMILES string of the molecule is Cc1cn([C@H]2C[C@H](O)[C@@H](COP(=O)(O)O[C@H]3[C@@H](O[Si](C)(C)C(C)(C)C)[C@H](C4=CNC(NC(=O)c5ccccc5)=NC4SSC4N=C(NC(=O)c5ccccc5)NC=C4[C@@H]4O[C@H](CO)[C@@H](OP(=O)(O)OC[C@H]5O[C@@H](n6cc(C)c(=O)[nH]c6=O)C[C@@H]5O)[C@H]4O[Si](C)(C)C(C)(C)C)O[C@@H]3CO)O2)c(=O)[nH]c1=O. The Kier molecular flexibility index (Phi) is 25.2. The summed E-state index contributed by atoms with van der Waals surface area (Å²) in [5, 5.41) is 52.8. The molecule has 0 radical (unpaired) electrons. The fourth-order valence-corrected chi connectivity index (χ4v) is 18.7. The number of phosphoric acid groups is 2. The van der Waals surface area contributed by atoms with Crippen molar-refractivity contribution >= 4 is 77.6 Å². The van der Waals surface area contributed by atoms with Gasteiger partial charge in [0.2, 0.25) is 11.9 Å². The Morgan fingerprint density at radius 1 is 0.587 bits per heavy atom. The van der Waals surface area contributed by atoms with Gasteiger partial charge in [0.1, 0.15) is 84.2 Å². The number of ether oxygens (including phenoxy) is 4. The van der Waals surface area contributed by atoms with E-state index in [1.165, 1.54) is 38.6 Å². The van der Waals surface area contributed by atoms with Gasteiger partial charge in [-0.3, -0.25) is 67.0 Å². The minimum Gasteiger partial charge on any atom is -0.408 e. The molecule has 0 spiro atoms. The van der Waals surface area contributed by atoms with Crippen LogP contribution in [0.3, 0.4) is 0 Å². The number of carbonyl (C=O) groups is 2. The lowest BCUT2D eigenvalue weighted by Gasteiger charge is -2.41. The van der Waals surface area contributed by atoms with Crippen LogP contribution < -0.4 is 43.8 Å². The maximum Gasteiger partial charge on any atom is 0.472 e. The number of aryl methyl sites for hydroxylation is 2. The number of guanidine groups is 2. The number of H-pyrrole nitrogens is 2. The summed E-state index contributed by atoms with van der Waals surface area (Å²) >= 11 is 0. The van der Waals surface area contributed by atoms with Crippen LogP contribution in [0.5, 0.6) is 0 Å². The number of aliphatic hydroxyl groups excluding tert-OH is 4. The number of aliphatic imine (C=N–C) groups is 2. The highest BCUT2D eigenvalue weighted by Crippen LogP contribution is 2.54. The fourth-order valence-electron chi connectivity index (χ4n) is 11.5. The van der Waals surface area contributed by atoms with Crippen molar-refractivity contribution in [2.75, 3.05) is 26.4 Å². The molecule has 104 heavy (non-hydrogen) atoms. The minimum atomic E-state index is -5.28. The Bertz CT molecular complexity index is 4000. The van der Waals surface area contributed by atoms with E-state index in [-0.39, 0.29) is 58.2 Å². The van der Waals surface area contributed by atoms with Crippen molar-refractivity contribution in [3.63, 3.8) is 0 Å². The summed E-state index contributed by atoms with van der Waals surface area (Å²) in [6.45, 7) is 19.3. The smallest absolute Gasteiger partial charge is 0.408 e. The number of carbonyl (C=O) groups excluding carboxylic acids is 2. The standard InChI is InChI=1S/C64H90N10O24P2S2Si2/c1-33-27-73(61(83)69-53(33)79)45-23-39(77)43(91-45)31-89-99(85,86)95-49-41(29-75)93-47(51(49)97-103(9,10)63(3,4)5)37-25-65-59(67-55(81)35-19-15-13-16-20-35)71-57(37)101-102-58-38(26-66-60(72-58)68-56(82)36-21-17-14-18-22-36)48-52(98-104(11,12)64(6,7)8)50(42(30-76)94-48)96-100(87,88)90-32-44-40(78)24-46(92-44)74-28-34(2)54(80)70-62(74)84/h13-22,25-28,39-52,57-58,75-78H,23-24,29-32H2,1-12H3,(H,85,86)(H,87,88)(H,69,79,83)(H,70,80,84)(H2,65,67,71,81)(H2,66,68,72,82)/t39-,40-,41+,42+,43+,44+,45+,46+,47-,48-,49+,50+,51-,52-,57?,58?/m0/s1. The van der Waals surface area contributed by atoms with E-state index in [0.717, 1.165) is 30.7 Å². The normalized spacial score (nSPS) is 29.4. The number of aliphatic hydroxyl groups is 4. The zero-order valence-electron chi connectivity index (χ0n) is 59.1. The van der Waals surface area contributed by atoms with Crippen LogP contribution in [0.1, 0.15) is 98.7 Å². The van der Waals surface area contributed by atoms with Crippen molar-refractivity contribution in [2.24, 2.45) is 9.98 Å². The van der Waals surface area contributed by atoms with Crippen molar-refractivity contribution in [3.05, 3.63) is 161 Å². The van der Waals surface area contributed by atoms with Crippen molar-refractivity contribution in [1.29, 1.82) is 0 Å². The van der Waals surface area contributed by atoms with Gasteiger partial charge in [0, 0.05) is 71.0 Å². The minimum absolute atomic E-state index is 0.0589. The van der Waals surface area contributed by atoms with Crippen molar-refractivity contribution in [1.82, 2.24) is 40.4 Å². The van der Waals surface area contributed by atoms with Gasteiger partial charge in [-0.1, -0.05) is 99.5 Å². The molecule has 18 atom stereocenters. The first-order valence-electron chi connectivity index (χ1n) is 33.4. The van der Waals surface area contributed by atoms with E-state index in [9.17, 15) is 68.1 Å². The average Bonchev–Trinajstić information content (AvgIpc) is 1.56. The number of hydrogen-bond donors (Lipinski definition) is 12. The molecule has 4 fully saturated rings. The Labute approximate surface area is 607 Å². The Morgan fingerprint density at radius 3 is 1.28 bits per heavy atom. The maximum atomic E-state index is 14.4. The molecule has 8 heterocycles. The number of phosphoric ester groups is 2. The highest BCUT2D eigenvalue weighted by molar-refractivity contribution is 8.77. The van der Waals surface area contributed by atoms with Gasteiger partial charge in [-0.15, -0.1) is 0 Å². The zero-order valence-corrected chi connectivity index (χ0v) is 64.5. The van der Waals surface area contributed by atoms with Crippen LogP contribution in [0, 0.1) is 13.8 Å². The van der Waals surface area contributed by atoms with E-state index < -0.39 is 200 Å². The highest BCUT2D eigenvalue weighted by Gasteiger charge is 2.58. The van der Waals surface area contributed by atoms with Gasteiger partial charge >= 0.3 is 27.0 Å². The monoisotopic (exact) mass is 1560 g/mol. The third-order valence-electron chi connectivity index (χ3n) is 19.3. The zero-order chi connectivity index (χ0) is 75.8. The van der Waals surface area contributed by atoms with Crippen LogP contribution >= 0.6 is 37.2 Å². The topological polar surface area (TPSA) is 465 Å². The van der Waals surface area contributed by atoms with Crippen LogP contribution in [0.25, 0.3) is 0 Å². The van der Waals surface area contributed by atoms with E-state index in [2.05, 4.69) is 31.2 Å². The molecular formula is C64H90N10O24P2S2Si2. The molecule has 2 aromatic carbocycles. The number of hydrogen-bond acceptors (Lipinski definition) is 28. The number of nitrogens with zero attached hydrogens (tertiary/aromatic N) is 4. The number of nitrogens with one attached hydrogen (secondary N) is 6. The second kappa shape index (κ2) is 32.5. The molecule has 570 valence electrons. The molecular weight excluding hydrogens is 1480 g/mol. The third-order valence-corrected chi connectivity index (χ3v) is 32.9. The molecule has 4 saturated heterocycles. The number of amides is 2. The first-order valence-corrected chi connectivity index (χ1v) is 44.5. The number of benzene rings is 2. The summed E-state index contributed by atoms with van der Waals surface area (Å²) < 4.78 is 93.5. The third kappa shape index (κ3) is 18.8. The van der Waals surface area contributed by atoms with Crippen molar-refractivity contribution in [2.45, 2.75) is 201 Å². The van der Waals surface area contributed by atoms with Gasteiger partial charge in [-0.2, -0.15) is 0 Å². The highest BCUT2D eigenvalue weighted by atomic mass is 33.1. The van der Waals surface area contributed by atoms with Crippen LogP contribution in [-0.4, -0.2) is 200 Å². The van der Waals surface area contributed by atoms with Crippen LogP contribution in [-0.2, 0) is 55.0 Å². The number of aromatic amines is 2. The molecule has 0 saturated carbocycles. The predicted molar refractivity (Wildman–Crippen MR) is 386 cm³/mol. The summed E-state index contributed by atoms with van der Waals surface area (Å²) in [4.78, 5) is 115. The summed E-state index contributed by atoms with van der Waals surface area (Å²) in [6, 6.07) is 16.6. The van der Waals surface area contributed by atoms with Gasteiger partial charge in [0.15, 0.2) is 16.6 Å². The van der Waals surface area contributed by atoms with E-state index in [1.807, 2.05) is 67.7 Å². The summed E-state index contributed by atoms with van der Waals surface area (Å²) in [7, 11) is -14.6. The molecule has 6 aliphatic heterocycles. The molecule has 4 unspecified atom stereocenters. The number of rotatable bonds is 25. The average molecular weight is 1570 g/mol. The molecule has 6 aliphatic rings. The van der Waals surface area contributed by atoms with Gasteiger partial charge < -0.3 is 68.6 Å². The molecule has 40 heteroatoms. The molecule has 10 rings (SSSR count). The van der Waals surface area contributed by atoms with Crippen molar-refractivity contribution < 1.29 is 94.8 Å². The lowest BCUT2D eigenvalue weighted by atomic mass is 10.0. The Morgan fingerprint density at radius 2 is 0.942 bits per heavy atom. The molecule has 2 aromatic heterocycles. The van der Waals surface area contributed by atoms with Gasteiger partial charge in [0.05, 0.1) is 38.6 Å². The van der Waals surface area contributed by atoms with E-state index in [0.29, 0.717) is 0 Å². The molecule has 12 N–H and O–H groups in total. The summed E-state index contributed by atoms with van der Waals surface area (Å²) in [5.74, 6) is -1.23. The van der Waals surface area contributed by atoms with Gasteiger partial charge in [-0.25, -0.2) is 28.7 Å². The first-order chi connectivity index (χ1) is 48.8. The molecule has 0 bridgehead atoms. The van der Waals surface area contributed by atoms with Crippen molar-refractivity contribution in [3.8, 4) is 0 Å². The molecule has 34 nitrogen and oxygen atoms in total. The van der Waals surface area contributed by atoms with E-state index in [1.54, 1.807) is 60.7 Å². The molecule has 4 aromatic rings. The fraction of sp³-hybridized carbons (Fsp3) is 0.562. The van der Waals surface area contributed by atoms with Crippen LogP contribution in [0.4, 0.5) is 0 Å². The van der Waals surface area contributed by atoms with E-state index in [4.69, 9.17) is 55.9 Å². The van der Waals surface area contributed by atoms with Gasteiger partial charge in [-0.05, 0) is 74.4 Å². The lowest BCUT2D eigenvalue weighted by Crippen LogP contribution is -2.51. The largest absolute Gasteiger partial charge is 0.472 e. The first kappa shape index (κ1) is 80.6. The second-order valence-corrected chi connectivity index (χ2v) is 43.6. The van der Waals surface area contributed by atoms with Crippen LogP contribution in [0.2, 0.25) is 36.3 Å². The lowest BCUT2D eigenvalue weighted by molar-refractivity contribution is -0.0541. The molecule has 0 aliphatic carbocycles. The van der Waals surface area contributed by atoms with Crippen LogP contribution in [0.15, 0.2) is 126 Å². The second-order valence-electron chi connectivity index (χ2n) is 28.8. The Hall–Kier alpha value is -5.89. The quantitative estimate of drug-likeness (QED) is 0.0254. The Balaban J connectivity index is 0.974. The number of aromatic nitrogens is 4. The van der Waals surface area contributed by atoms with E-state index >= 15 is 0 Å². The predicted octanol–water partition coefficient (Wildman–Crippen LogP) is 3.88. The summed E-state index contributed by atoms with van der Waals surface area (Å²) in [6.07, 6.45) is -13.5. The molecule has 2 amide bonds. The maximum absolute atomic E-state index is 14.4. The summed E-state index contributed by atoms with van der Waals surface area (Å²) in [5.41, 5.74) is -1.41. The van der Waals surface area contributed by atoms with Gasteiger partial charge in [0.25, 0.3) is 22.9 Å².